The molecule has 0 radical (unpaired) electrons. The maximum absolute atomic E-state index is 12.7. The average molecular weight is 332 g/mol. The van der Waals surface area contributed by atoms with Crippen LogP contribution in [-0.4, -0.2) is 6.09 Å². The molecule has 4 heteroatoms. The quantitative estimate of drug-likeness (QED) is 0.694. The predicted molar refractivity (Wildman–Crippen MR) is 100 cm³/mol. The molecule has 0 bridgehead atoms. The molecule has 3 rings (SSSR count). The summed E-state index contributed by atoms with van der Waals surface area (Å²) in [6, 6.07) is 26.6. The maximum atomic E-state index is 12.7. The van der Waals surface area contributed by atoms with Gasteiger partial charge in [-0.2, -0.15) is 0 Å². The standard InChI is InChI=1S/C21H20N2O2/c22-19-11-7-10-18(14-19)15-23(20-12-5-2-6-13-20)21(24)25-16-17-8-3-1-4-9-17/h1-14H,15-16,22H2. The van der Waals surface area contributed by atoms with Gasteiger partial charge in [0.05, 0.1) is 6.54 Å². The number of carbonyl (C=O) groups is 1. The molecular weight excluding hydrogens is 312 g/mol. The van der Waals surface area contributed by atoms with Crippen molar-refractivity contribution in [3.05, 3.63) is 96.1 Å². The zero-order valence-electron chi connectivity index (χ0n) is 13.8. The Hall–Kier alpha value is -3.27. The molecule has 0 spiro atoms. The second-order valence-corrected chi connectivity index (χ2v) is 5.71. The molecule has 3 aromatic carbocycles. The summed E-state index contributed by atoms with van der Waals surface area (Å²) in [4.78, 5) is 14.3. The Morgan fingerprint density at radius 1 is 0.840 bits per heavy atom. The third-order valence-corrected chi connectivity index (χ3v) is 3.79. The van der Waals surface area contributed by atoms with Crippen LogP contribution in [0.25, 0.3) is 0 Å². The van der Waals surface area contributed by atoms with Crippen molar-refractivity contribution < 1.29 is 9.53 Å². The molecular formula is C21H20N2O2. The van der Waals surface area contributed by atoms with Gasteiger partial charge in [0.15, 0.2) is 0 Å². The minimum atomic E-state index is -0.391. The van der Waals surface area contributed by atoms with Gasteiger partial charge < -0.3 is 10.5 Å². The lowest BCUT2D eigenvalue weighted by molar-refractivity contribution is 0.146. The highest BCUT2D eigenvalue weighted by molar-refractivity contribution is 5.87. The molecule has 0 saturated heterocycles. The molecule has 0 aliphatic rings. The van der Waals surface area contributed by atoms with E-state index >= 15 is 0 Å². The van der Waals surface area contributed by atoms with E-state index in [4.69, 9.17) is 10.5 Å². The summed E-state index contributed by atoms with van der Waals surface area (Å²) in [6.07, 6.45) is -0.391. The Labute approximate surface area is 147 Å². The van der Waals surface area contributed by atoms with Crippen LogP contribution in [0.4, 0.5) is 16.2 Å². The van der Waals surface area contributed by atoms with Crippen LogP contribution in [0.2, 0.25) is 0 Å². The molecule has 2 N–H and O–H groups in total. The molecule has 4 nitrogen and oxygen atoms in total. The monoisotopic (exact) mass is 332 g/mol. The third kappa shape index (κ3) is 4.61. The van der Waals surface area contributed by atoms with Crippen LogP contribution in [0.1, 0.15) is 11.1 Å². The van der Waals surface area contributed by atoms with Gasteiger partial charge in [-0.25, -0.2) is 4.79 Å². The normalized spacial score (nSPS) is 10.2. The molecule has 126 valence electrons. The third-order valence-electron chi connectivity index (χ3n) is 3.79. The number of nitrogens with zero attached hydrogens (tertiary/aromatic N) is 1. The molecule has 25 heavy (non-hydrogen) atoms. The van der Waals surface area contributed by atoms with Gasteiger partial charge in [-0.05, 0) is 35.4 Å². The fourth-order valence-corrected chi connectivity index (χ4v) is 2.54. The minimum Gasteiger partial charge on any atom is -0.444 e. The molecule has 0 unspecified atom stereocenters. The number of rotatable bonds is 5. The summed E-state index contributed by atoms with van der Waals surface area (Å²) in [5.74, 6) is 0. The number of hydrogen-bond donors (Lipinski definition) is 1. The van der Waals surface area contributed by atoms with Crippen LogP contribution < -0.4 is 10.6 Å². The zero-order valence-corrected chi connectivity index (χ0v) is 13.8. The van der Waals surface area contributed by atoms with Crippen molar-refractivity contribution in [2.24, 2.45) is 0 Å². The second-order valence-electron chi connectivity index (χ2n) is 5.71. The molecule has 0 aromatic heterocycles. The van der Waals surface area contributed by atoms with Crippen molar-refractivity contribution in [1.29, 1.82) is 0 Å². The van der Waals surface area contributed by atoms with E-state index in [0.29, 0.717) is 12.2 Å². The minimum absolute atomic E-state index is 0.236. The fourth-order valence-electron chi connectivity index (χ4n) is 2.54. The Balaban J connectivity index is 1.77. The largest absolute Gasteiger partial charge is 0.444 e. The molecule has 0 heterocycles. The summed E-state index contributed by atoms with van der Waals surface area (Å²) in [6.45, 7) is 0.628. The van der Waals surface area contributed by atoms with Gasteiger partial charge in [-0.1, -0.05) is 60.7 Å². The van der Waals surface area contributed by atoms with E-state index in [0.717, 1.165) is 16.8 Å². The lowest BCUT2D eigenvalue weighted by Crippen LogP contribution is -2.31. The maximum Gasteiger partial charge on any atom is 0.414 e. The molecule has 0 saturated carbocycles. The first-order valence-corrected chi connectivity index (χ1v) is 8.10. The topological polar surface area (TPSA) is 55.6 Å². The van der Waals surface area contributed by atoms with Crippen LogP contribution in [0, 0.1) is 0 Å². The number of carbonyl (C=O) groups excluding carboxylic acids is 1. The van der Waals surface area contributed by atoms with Gasteiger partial charge in [0.1, 0.15) is 6.61 Å². The summed E-state index contributed by atoms with van der Waals surface area (Å²) in [5.41, 5.74) is 9.20. The lowest BCUT2D eigenvalue weighted by atomic mass is 10.2. The van der Waals surface area contributed by atoms with Crippen molar-refractivity contribution in [2.45, 2.75) is 13.2 Å². The number of amides is 1. The van der Waals surface area contributed by atoms with Gasteiger partial charge in [0.25, 0.3) is 0 Å². The van der Waals surface area contributed by atoms with Crippen LogP contribution in [0.3, 0.4) is 0 Å². The van der Waals surface area contributed by atoms with Gasteiger partial charge in [-0.15, -0.1) is 0 Å². The van der Waals surface area contributed by atoms with Crippen molar-refractivity contribution >= 4 is 17.5 Å². The Bertz CT molecular complexity index is 820. The van der Waals surface area contributed by atoms with Crippen molar-refractivity contribution in [2.75, 3.05) is 10.6 Å². The Morgan fingerprint density at radius 2 is 1.48 bits per heavy atom. The van der Waals surface area contributed by atoms with E-state index < -0.39 is 6.09 Å². The highest BCUT2D eigenvalue weighted by Crippen LogP contribution is 2.19. The highest BCUT2D eigenvalue weighted by atomic mass is 16.6. The van der Waals surface area contributed by atoms with Crippen LogP contribution in [0.5, 0.6) is 0 Å². The van der Waals surface area contributed by atoms with Crippen molar-refractivity contribution in [1.82, 2.24) is 0 Å². The SMILES string of the molecule is Nc1cccc(CN(C(=O)OCc2ccccc2)c2ccccc2)c1. The Morgan fingerprint density at radius 3 is 2.16 bits per heavy atom. The number of hydrogen-bond acceptors (Lipinski definition) is 3. The van der Waals surface area contributed by atoms with Gasteiger partial charge >= 0.3 is 6.09 Å². The summed E-state index contributed by atoms with van der Waals surface area (Å²) in [5, 5.41) is 0. The molecule has 3 aromatic rings. The van der Waals surface area contributed by atoms with E-state index in [9.17, 15) is 4.79 Å². The van der Waals surface area contributed by atoms with E-state index in [2.05, 4.69) is 0 Å². The number of nitrogens with two attached hydrogens (primary N) is 1. The summed E-state index contributed by atoms with van der Waals surface area (Å²) in [7, 11) is 0. The van der Waals surface area contributed by atoms with Crippen LogP contribution in [-0.2, 0) is 17.9 Å². The molecule has 0 fully saturated rings. The van der Waals surface area contributed by atoms with Crippen LogP contribution >= 0.6 is 0 Å². The second kappa shape index (κ2) is 8.02. The smallest absolute Gasteiger partial charge is 0.414 e. The molecule has 0 aliphatic carbocycles. The average Bonchev–Trinajstić information content (AvgIpc) is 2.66. The highest BCUT2D eigenvalue weighted by Gasteiger charge is 2.18. The first-order chi connectivity index (χ1) is 12.2. The zero-order chi connectivity index (χ0) is 17.5. The number of nitrogen functional groups attached to an aromatic ring is 1. The van der Waals surface area contributed by atoms with Crippen molar-refractivity contribution in [3.8, 4) is 0 Å². The molecule has 0 aliphatic heterocycles. The van der Waals surface area contributed by atoms with E-state index in [-0.39, 0.29) is 6.61 Å². The van der Waals surface area contributed by atoms with E-state index in [1.54, 1.807) is 4.90 Å². The van der Waals surface area contributed by atoms with Crippen molar-refractivity contribution in [3.63, 3.8) is 0 Å². The number of ether oxygens (including phenoxy) is 1. The predicted octanol–water partition coefficient (Wildman–Crippen LogP) is 4.61. The molecule has 1 amide bonds. The Kier molecular flexibility index (Phi) is 5.32. The van der Waals surface area contributed by atoms with Crippen LogP contribution in [0.15, 0.2) is 84.9 Å². The number of anilines is 2. The van der Waals surface area contributed by atoms with Gasteiger partial charge in [0.2, 0.25) is 0 Å². The summed E-state index contributed by atoms with van der Waals surface area (Å²) < 4.78 is 5.50. The number of benzene rings is 3. The van der Waals surface area contributed by atoms with E-state index in [1.807, 2.05) is 84.9 Å². The first kappa shape index (κ1) is 16.6. The first-order valence-electron chi connectivity index (χ1n) is 8.10. The van der Waals surface area contributed by atoms with E-state index in [1.165, 1.54) is 0 Å². The van der Waals surface area contributed by atoms with Gasteiger partial charge in [0, 0.05) is 11.4 Å². The van der Waals surface area contributed by atoms with Gasteiger partial charge in [-0.3, -0.25) is 4.90 Å². The number of para-hydroxylation sites is 1. The lowest BCUT2D eigenvalue weighted by Gasteiger charge is -2.22. The molecule has 0 atom stereocenters. The summed E-state index contributed by atoms with van der Waals surface area (Å²) >= 11 is 0. The fraction of sp³-hybridized carbons (Fsp3) is 0.0952.